The number of rotatable bonds is 6. The molecule has 1 aromatic heterocycles. The topological polar surface area (TPSA) is 86.9 Å². The van der Waals surface area contributed by atoms with Crippen LogP contribution in [0.5, 0.6) is 17.2 Å². The average molecular weight is 456 g/mol. The summed E-state index contributed by atoms with van der Waals surface area (Å²) in [6.45, 7) is 0.857. The zero-order valence-corrected chi connectivity index (χ0v) is 19.3. The number of pyridine rings is 1. The molecule has 0 bridgehead atoms. The van der Waals surface area contributed by atoms with E-state index in [-0.39, 0.29) is 5.91 Å². The lowest BCUT2D eigenvalue weighted by Crippen LogP contribution is -2.23. The van der Waals surface area contributed by atoms with Crippen molar-refractivity contribution in [2.75, 3.05) is 27.1 Å². The molecule has 0 atom stereocenters. The van der Waals surface area contributed by atoms with E-state index < -0.39 is 0 Å². The van der Waals surface area contributed by atoms with Crippen LogP contribution in [0.2, 0.25) is 0 Å². The second kappa shape index (κ2) is 8.59. The van der Waals surface area contributed by atoms with Crippen LogP contribution in [0.15, 0.2) is 60.7 Å². The van der Waals surface area contributed by atoms with Crippen LogP contribution in [-0.2, 0) is 13.1 Å². The fourth-order valence-electron chi connectivity index (χ4n) is 4.45. The normalized spacial score (nSPS) is 12.7. The van der Waals surface area contributed by atoms with E-state index in [1.165, 1.54) is 0 Å². The summed E-state index contributed by atoms with van der Waals surface area (Å²) in [5.41, 5.74) is 11.6. The van der Waals surface area contributed by atoms with Crippen molar-refractivity contribution in [1.82, 2.24) is 9.88 Å². The van der Waals surface area contributed by atoms with Crippen molar-refractivity contribution >= 4 is 22.5 Å². The molecule has 34 heavy (non-hydrogen) atoms. The highest BCUT2D eigenvalue weighted by atomic mass is 16.5. The van der Waals surface area contributed by atoms with Crippen molar-refractivity contribution in [1.29, 1.82) is 0 Å². The number of nitrogens with zero attached hydrogens (tertiary/aromatic N) is 2. The molecular formula is C27H25N3O4. The van der Waals surface area contributed by atoms with Crippen LogP contribution in [0.4, 0.5) is 5.69 Å². The number of methoxy groups -OCH3 is 3. The number of aromatic nitrogens is 1. The zero-order valence-electron chi connectivity index (χ0n) is 19.3. The van der Waals surface area contributed by atoms with Gasteiger partial charge in [-0.1, -0.05) is 30.3 Å². The number of benzene rings is 3. The number of anilines is 1. The summed E-state index contributed by atoms with van der Waals surface area (Å²) in [5, 5.41) is 0.737. The maximum atomic E-state index is 13.3. The summed E-state index contributed by atoms with van der Waals surface area (Å²) in [4.78, 5) is 20.0. The minimum absolute atomic E-state index is 0.109. The smallest absolute Gasteiger partial charge is 0.258 e. The van der Waals surface area contributed by atoms with E-state index in [9.17, 15) is 4.79 Å². The number of carbonyl (C=O) groups is 1. The molecule has 1 amide bonds. The fraction of sp³-hybridized carbons (Fsp3) is 0.185. The van der Waals surface area contributed by atoms with Crippen LogP contribution >= 0.6 is 0 Å². The Kier molecular flexibility index (Phi) is 5.45. The molecule has 5 rings (SSSR count). The Bertz CT molecular complexity index is 1400. The Balaban J connectivity index is 1.58. The summed E-state index contributed by atoms with van der Waals surface area (Å²) in [6, 6.07) is 19.1. The molecule has 7 nitrogen and oxygen atoms in total. The van der Waals surface area contributed by atoms with E-state index in [1.54, 1.807) is 26.2 Å². The van der Waals surface area contributed by atoms with Gasteiger partial charge in [-0.3, -0.25) is 4.79 Å². The van der Waals surface area contributed by atoms with Gasteiger partial charge in [-0.2, -0.15) is 0 Å². The zero-order chi connectivity index (χ0) is 23.8. The van der Waals surface area contributed by atoms with E-state index in [0.29, 0.717) is 41.5 Å². The molecule has 0 fully saturated rings. The first-order valence-corrected chi connectivity index (χ1v) is 10.9. The minimum Gasteiger partial charge on any atom is -0.497 e. The maximum Gasteiger partial charge on any atom is 0.258 e. The molecule has 172 valence electrons. The number of nitrogens with two attached hydrogens (primary N) is 1. The predicted octanol–water partition coefficient (Wildman–Crippen LogP) is 4.67. The molecule has 3 aromatic carbocycles. The third-order valence-corrected chi connectivity index (χ3v) is 6.20. The summed E-state index contributed by atoms with van der Waals surface area (Å²) >= 11 is 0. The Morgan fingerprint density at radius 2 is 1.65 bits per heavy atom. The van der Waals surface area contributed by atoms with Gasteiger partial charge >= 0.3 is 0 Å². The summed E-state index contributed by atoms with van der Waals surface area (Å²) in [7, 11) is 4.89. The lowest BCUT2D eigenvalue weighted by molar-refractivity contribution is 0.0767. The van der Waals surface area contributed by atoms with Gasteiger partial charge < -0.3 is 24.8 Å². The molecule has 4 aromatic rings. The van der Waals surface area contributed by atoms with E-state index in [2.05, 4.69) is 0 Å². The van der Waals surface area contributed by atoms with Crippen molar-refractivity contribution in [2.24, 2.45) is 0 Å². The molecule has 0 saturated heterocycles. The number of nitrogen functional groups attached to an aromatic ring is 1. The summed E-state index contributed by atoms with van der Waals surface area (Å²) in [5.74, 6) is 2.08. The third-order valence-electron chi connectivity index (χ3n) is 6.20. The first kappa shape index (κ1) is 21.6. The Morgan fingerprint density at radius 3 is 2.35 bits per heavy atom. The van der Waals surface area contributed by atoms with Gasteiger partial charge in [-0.15, -0.1) is 0 Å². The highest BCUT2D eigenvalue weighted by Crippen LogP contribution is 2.40. The van der Waals surface area contributed by atoms with Gasteiger partial charge in [-0.05, 0) is 35.9 Å². The molecule has 7 heteroatoms. The van der Waals surface area contributed by atoms with Gasteiger partial charge in [0.1, 0.15) is 17.2 Å². The average Bonchev–Trinajstić information content (AvgIpc) is 3.18. The molecule has 2 N–H and O–H groups in total. The molecule has 0 unspecified atom stereocenters. The number of hydrogen-bond donors (Lipinski definition) is 1. The van der Waals surface area contributed by atoms with Gasteiger partial charge in [0.2, 0.25) is 0 Å². The number of amides is 1. The predicted molar refractivity (Wildman–Crippen MR) is 131 cm³/mol. The number of fused-ring (bicyclic) bond motifs is 2. The highest BCUT2D eigenvalue weighted by Gasteiger charge is 2.32. The second-order valence-corrected chi connectivity index (χ2v) is 8.12. The number of para-hydroxylation sites is 1. The maximum absolute atomic E-state index is 13.3. The summed E-state index contributed by atoms with van der Waals surface area (Å²) < 4.78 is 16.3. The molecule has 0 spiro atoms. The van der Waals surface area contributed by atoms with Crippen molar-refractivity contribution in [3.8, 4) is 28.4 Å². The number of carbonyl (C=O) groups excluding carboxylic acids is 1. The highest BCUT2D eigenvalue weighted by molar-refractivity contribution is 6.11. The SMILES string of the molecule is COc1ccc(CN2Cc3nc4c(-c5cc(OC)ccc5OC)cccc4c(N)c3C2=O)cc1. The molecule has 2 heterocycles. The second-order valence-electron chi connectivity index (χ2n) is 8.12. The standard InChI is InChI=1S/C27H25N3O4/c1-32-17-9-7-16(8-10-17)14-30-15-22-24(27(30)31)25(28)20-6-4-5-19(26(20)29-22)21-13-18(33-2)11-12-23(21)34-3/h4-13H,14-15H2,1-3H3,(H2,28,29). The Hall–Kier alpha value is -4.26. The molecule has 0 aliphatic carbocycles. The van der Waals surface area contributed by atoms with Gasteiger partial charge in [0.15, 0.2) is 0 Å². The Labute approximate surface area is 197 Å². The van der Waals surface area contributed by atoms with E-state index >= 15 is 0 Å². The summed E-state index contributed by atoms with van der Waals surface area (Å²) in [6.07, 6.45) is 0. The largest absolute Gasteiger partial charge is 0.497 e. The molecular weight excluding hydrogens is 430 g/mol. The minimum atomic E-state index is -0.109. The molecule has 0 saturated carbocycles. The first-order valence-electron chi connectivity index (χ1n) is 10.9. The van der Waals surface area contributed by atoms with Crippen LogP contribution in [0.3, 0.4) is 0 Å². The van der Waals surface area contributed by atoms with Crippen LogP contribution < -0.4 is 19.9 Å². The van der Waals surface area contributed by atoms with Gasteiger partial charge in [0.05, 0.1) is 50.3 Å². The van der Waals surface area contributed by atoms with E-state index in [4.69, 9.17) is 24.9 Å². The van der Waals surface area contributed by atoms with Gasteiger partial charge in [0, 0.05) is 23.1 Å². The monoisotopic (exact) mass is 455 g/mol. The van der Waals surface area contributed by atoms with Gasteiger partial charge in [-0.25, -0.2) is 4.98 Å². The van der Waals surface area contributed by atoms with Crippen LogP contribution in [0.25, 0.3) is 22.0 Å². The van der Waals surface area contributed by atoms with Crippen LogP contribution in [-0.4, -0.2) is 37.1 Å². The number of ether oxygens (including phenoxy) is 3. The molecule has 0 radical (unpaired) electrons. The van der Waals surface area contributed by atoms with Crippen molar-refractivity contribution in [2.45, 2.75) is 13.1 Å². The van der Waals surface area contributed by atoms with Crippen LogP contribution in [0.1, 0.15) is 21.6 Å². The lowest BCUT2D eigenvalue weighted by atomic mass is 9.98. The van der Waals surface area contributed by atoms with Crippen molar-refractivity contribution < 1.29 is 19.0 Å². The van der Waals surface area contributed by atoms with E-state index in [1.807, 2.05) is 60.7 Å². The Morgan fingerprint density at radius 1 is 0.912 bits per heavy atom. The van der Waals surface area contributed by atoms with Gasteiger partial charge in [0.25, 0.3) is 5.91 Å². The van der Waals surface area contributed by atoms with Crippen molar-refractivity contribution in [3.63, 3.8) is 0 Å². The first-order chi connectivity index (χ1) is 16.5. The molecule has 1 aliphatic heterocycles. The molecule has 1 aliphatic rings. The number of hydrogen-bond acceptors (Lipinski definition) is 6. The lowest BCUT2D eigenvalue weighted by Gasteiger charge is -2.15. The quantitative estimate of drug-likeness (QED) is 0.455. The third kappa shape index (κ3) is 3.55. The van der Waals surface area contributed by atoms with Crippen LogP contribution in [0, 0.1) is 0 Å². The van der Waals surface area contributed by atoms with E-state index in [0.717, 1.165) is 33.3 Å². The fourth-order valence-corrected chi connectivity index (χ4v) is 4.45. The van der Waals surface area contributed by atoms with Crippen molar-refractivity contribution in [3.05, 3.63) is 77.5 Å².